The highest BCUT2D eigenvalue weighted by atomic mass is 32.2. The van der Waals surface area contributed by atoms with Crippen molar-refractivity contribution in [1.29, 1.82) is 0 Å². The molecule has 0 saturated heterocycles. The van der Waals surface area contributed by atoms with Gasteiger partial charge in [-0.25, -0.2) is 8.42 Å². The van der Waals surface area contributed by atoms with E-state index in [4.69, 9.17) is 0 Å². The molecule has 0 heterocycles. The van der Waals surface area contributed by atoms with E-state index in [1.807, 2.05) is 0 Å². The molecule has 0 aromatic heterocycles. The van der Waals surface area contributed by atoms with Gasteiger partial charge in [0, 0.05) is 6.21 Å². The first-order valence-corrected chi connectivity index (χ1v) is 5.57. The number of hydrogen-bond donors (Lipinski definition) is 0. The third-order valence-corrected chi connectivity index (χ3v) is 2.38. The molecule has 1 aliphatic carbocycles. The van der Waals surface area contributed by atoms with Crippen LogP contribution in [0.4, 0.5) is 0 Å². The Morgan fingerprint density at radius 2 is 2.00 bits per heavy atom. The van der Waals surface area contributed by atoms with Crippen LogP contribution in [0, 0.1) is 11.8 Å². The van der Waals surface area contributed by atoms with Crippen LogP contribution in [-0.4, -0.2) is 20.9 Å². The van der Waals surface area contributed by atoms with Gasteiger partial charge >= 0.3 is 0 Å². The first-order valence-electron chi connectivity index (χ1n) is 3.73. The van der Waals surface area contributed by atoms with Gasteiger partial charge in [0.1, 0.15) is 0 Å². The molecule has 1 rings (SSSR count). The highest BCUT2D eigenvalue weighted by Gasteiger charge is 2.23. The van der Waals surface area contributed by atoms with Gasteiger partial charge in [0.25, 0.3) is 0 Å². The lowest BCUT2D eigenvalue weighted by atomic mass is 9.77. The van der Waals surface area contributed by atoms with Crippen molar-refractivity contribution in [2.45, 2.75) is 19.8 Å². The Labute approximate surface area is 67.6 Å². The maximum Gasteiger partial charge on any atom is 0.249 e. The monoisotopic (exact) mass is 175 g/mol. The fourth-order valence-corrected chi connectivity index (χ4v) is 1.68. The SMILES string of the molecule is CC1CC(/C=N/S(C)(=O)=O)C1. The van der Waals surface area contributed by atoms with Crippen LogP contribution in [0.3, 0.4) is 0 Å². The molecular formula is C7H13NO2S. The summed E-state index contributed by atoms with van der Waals surface area (Å²) in [6, 6.07) is 0. The van der Waals surface area contributed by atoms with E-state index in [1.54, 1.807) is 6.21 Å². The molecule has 1 aliphatic rings. The molecule has 4 heteroatoms. The Bertz CT molecular complexity index is 250. The zero-order chi connectivity index (χ0) is 8.48. The van der Waals surface area contributed by atoms with Gasteiger partial charge in [0.05, 0.1) is 6.26 Å². The Balaban J connectivity index is 2.38. The van der Waals surface area contributed by atoms with Gasteiger partial charge in [-0.2, -0.15) is 4.40 Å². The summed E-state index contributed by atoms with van der Waals surface area (Å²) in [5, 5.41) is 0. The lowest BCUT2D eigenvalue weighted by Gasteiger charge is -2.28. The Kier molecular flexibility index (Phi) is 2.32. The molecule has 0 bridgehead atoms. The molecule has 0 amide bonds. The van der Waals surface area contributed by atoms with Gasteiger partial charge in [-0.1, -0.05) is 6.92 Å². The zero-order valence-electron chi connectivity index (χ0n) is 6.82. The molecule has 3 nitrogen and oxygen atoms in total. The smallest absolute Gasteiger partial charge is 0.205 e. The van der Waals surface area contributed by atoms with Gasteiger partial charge in [0.2, 0.25) is 10.0 Å². The van der Waals surface area contributed by atoms with E-state index < -0.39 is 10.0 Å². The van der Waals surface area contributed by atoms with Crippen molar-refractivity contribution in [3.05, 3.63) is 0 Å². The largest absolute Gasteiger partial charge is 0.249 e. The van der Waals surface area contributed by atoms with E-state index in [2.05, 4.69) is 11.3 Å². The lowest BCUT2D eigenvalue weighted by Crippen LogP contribution is -2.22. The molecule has 0 spiro atoms. The predicted molar refractivity (Wildman–Crippen MR) is 45.2 cm³/mol. The fourth-order valence-electron chi connectivity index (χ4n) is 1.28. The van der Waals surface area contributed by atoms with Crippen molar-refractivity contribution >= 4 is 16.2 Å². The quantitative estimate of drug-likeness (QED) is 0.589. The zero-order valence-corrected chi connectivity index (χ0v) is 7.63. The van der Waals surface area contributed by atoms with Crippen molar-refractivity contribution in [3.8, 4) is 0 Å². The summed E-state index contributed by atoms with van der Waals surface area (Å²) < 4.78 is 24.6. The number of sulfonamides is 1. The molecular weight excluding hydrogens is 162 g/mol. The van der Waals surface area contributed by atoms with E-state index in [0.29, 0.717) is 5.92 Å². The highest BCUT2D eigenvalue weighted by molar-refractivity contribution is 7.89. The van der Waals surface area contributed by atoms with Crippen LogP contribution in [0.15, 0.2) is 4.40 Å². The maximum atomic E-state index is 10.6. The molecule has 0 aliphatic heterocycles. The van der Waals surface area contributed by atoms with Crippen LogP contribution in [-0.2, 0) is 10.0 Å². The van der Waals surface area contributed by atoms with Gasteiger partial charge < -0.3 is 0 Å². The standard InChI is InChI=1S/C7H13NO2S/c1-6-3-7(4-6)5-8-11(2,9)10/h5-7H,3-4H2,1-2H3/b8-5+. The Hall–Kier alpha value is -0.380. The van der Waals surface area contributed by atoms with Crippen LogP contribution >= 0.6 is 0 Å². The van der Waals surface area contributed by atoms with E-state index in [-0.39, 0.29) is 0 Å². The first-order chi connectivity index (χ1) is 4.97. The van der Waals surface area contributed by atoms with Gasteiger partial charge in [0.15, 0.2) is 0 Å². The minimum absolute atomic E-state index is 0.403. The van der Waals surface area contributed by atoms with Crippen LogP contribution in [0.5, 0.6) is 0 Å². The van der Waals surface area contributed by atoms with E-state index in [0.717, 1.165) is 25.0 Å². The summed E-state index contributed by atoms with van der Waals surface area (Å²) in [6.45, 7) is 2.16. The second kappa shape index (κ2) is 2.93. The van der Waals surface area contributed by atoms with Crippen LogP contribution in [0.2, 0.25) is 0 Å². The molecule has 0 unspecified atom stereocenters. The van der Waals surface area contributed by atoms with Crippen LogP contribution < -0.4 is 0 Å². The summed E-state index contributed by atoms with van der Waals surface area (Å²) in [5.41, 5.74) is 0. The average molecular weight is 175 g/mol. The van der Waals surface area contributed by atoms with Crippen molar-refractivity contribution in [2.75, 3.05) is 6.26 Å². The second-order valence-electron chi connectivity index (χ2n) is 3.32. The van der Waals surface area contributed by atoms with Crippen LogP contribution in [0.25, 0.3) is 0 Å². The third-order valence-electron chi connectivity index (χ3n) is 1.87. The molecule has 0 aromatic rings. The molecule has 0 aromatic carbocycles. The number of rotatable bonds is 2. The van der Waals surface area contributed by atoms with Crippen molar-refractivity contribution < 1.29 is 8.42 Å². The normalized spacial score (nSPS) is 32.2. The number of nitrogens with zero attached hydrogens (tertiary/aromatic N) is 1. The van der Waals surface area contributed by atoms with Crippen LogP contribution in [0.1, 0.15) is 19.8 Å². The first kappa shape index (κ1) is 8.71. The van der Waals surface area contributed by atoms with Crippen molar-refractivity contribution in [2.24, 2.45) is 16.2 Å². The predicted octanol–water partition coefficient (Wildman–Crippen LogP) is 1.06. The van der Waals surface area contributed by atoms with E-state index in [1.165, 1.54) is 0 Å². The molecule has 0 radical (unpaired) electrons. The maximum absolute atomic E-state index is 10.6. The average Bonchev–Trinajstić information content (AvgIpc) is 1.75. The topological polar surface area (TPSA) is 46.5 Å². The van der Waals surface area contributed by atoms with E-state index >= 15 is 0 Å². The molecule has 11 heavy (non-hydrogen) atoms. The molecule has 1 saturated carbocycles. The molecule has 1 fully saturated rings. The fraction of sp³-hybridized carbons (Fsp3) is 0.857. The minimum Gasteiger partial charge on any atom is -0.205 e. The Morgan fingerprint density at radius 1 is 1.45 bits per heavy atom. The molecule has 0 N–H and O–H groups in total. The summed E-state index contributed by atoms with van der Waals surface area (Å²) >= 11 is 0. The number of hydrogen-bond acceptors (Lipinski definition) is 2. The lowest BCUT2D eigenvalue weighted by molar-refractivity contribution is 0.286. The summed E-state index contributed by atoms with van der Waals surface area (Å²) in [5.74, 6) is 1.14. The summed E-state index contributed by atoms with van der Waals surface area (Å²) in [6.07, 6.45) is 4.85. The van der Waals surface area contributed by atoms with Gasteiger partial charge in [-0.15, -0.1) is 0 Å². The van der Waals surface area contributed by atoms with Gasteiger partial charge in [-0.3, -0.25) is 0 Å². The third kappa shape index (κ3) is 3.01. The van der Waals surface area contributed by atoms with E-state index in [9.17, 15) is 8.42 Å². The summed E-state index contributed by atoms with van der Waals surface area (Å²) in [4.78, 5) is 0. The van der Waals surface area contributed by atoms with Crippen molar-refractivity contribution in [1.82, 2.24) is 0 Å². The molecule has 64 valence electrons. The van der Waals surface area contributed by atoms with Gasteiger partial charge in [-0.05, 0) is 24.7 Å². The summed E-state index contributed by atoms with van der Waals surface area (Å²) in [7, 11) is -3.14. The highest BCUT2D eigenvalue weighted by Crippen LogP contribution is 2.31. The Morgan fingerprint density at radius 3 is 2.36 bits per heavy atom. The minimum atomic E-state index is -3.14. The van der Waals surface area contributed by atoms with Crippen molar-refractivity contribution in [3.63, 3.8) is 0 Å². The molecule has 0 atom stereocenters. The second-order valence-corrected chi connectivity index (χ2v) is 5.00.